The van der Waals surface area contributed by atoms with Gasteiger partial charge in [-0.15, -0.1) is 0 Å². The van der Waals surface area contributed by atoms with Gasteiger partial charge in [-0.3, -0.25) is 4.98 Å². The maximum atomic E-state index is 11.3. The molecule has 4 nitrogen and oxygen atoms in total. The van der Waals surface area contributed by atoms with E-state index in [9.17, 15) is 4.79 Å². The number of rotatable bonds is 3. The zero-order chi connectivity index (χ0) is 12.9. The largest absolute Gasteiger partial charge is 0.444 e. The zero-order valence-corrected chi connectivity index (χ0v) is 10.9. The highest BCUT2D eigenvalue weighted by molar-refractivity contribution is 5.67. The summed E-state index contributed by atoms with van der Waals surface area (Å²) in [6.07, 6.45) is 2.15. The van der Waals surface area contributed by atoms with Gasteiger partial charge in [0.25, 0.3) is 0 Å². The lowest BCUT2D eigenvalue weighted by atomic mass is 10.2. The van der Waals surface area contributed by atoms with Gasteiger partial charge in [-0.2, -0.15) is 0 Å². The van der Waals surface area contributed by atoms with Gasteiger partial charge in [-0.05, 0) is 39.3 Å². The molecule has 1 aromatic heterocycles. The van der Waals surface area contributed by atoms with Gasteiger partial charge in [-0.1, -0.05) is 6.07 Å². The highest BCUT2D eigenvalue weighted by Gasteiger charge is 2.15. The second-order valence-corrected chi connectivity index (χ2v) is 5.01. The molecule has 1 heterocycles. The smallest absolute Gasteiger partial charge is 0.407 e. The predicted molar refractivity (Wildman–Crippen MR) is 66.9 cm³/mol. The van der Waals surface area contributed by atoms with Crippen molar-refractivity contribution in [2.24, 2.45) is 0 Å². The Kier molecular flexibility index (Phi) is 4.49. The fourth-order valence-electron chi connectivity index (χ4n) is 1.25. The molecule has 1 N–H and O–H groups in total. The summed E-state index contributed by atoms with van der Waals surface area (Å²) in [5, 5.41) is 2.70. The first kappa shape index (κ1) is 13.5. The second-order valence-electron chi connectivity index (χ2n) is 5.01. The van der Waals surface area contributed by atoms with Gasteiger partial charge in [-0.25, -0.2) is 4.79 Å². The predicted octanol–water partition coefficient (Wildman–Crippen LogP) is 2.46. The van der Waals surface area contributed by atoms with Crippen LogP contribution in [0.5, 0.6) is 0 Å². The van der Waals surface area contributed by atoms with Crippen LogP contribution in [0, 0.1) is 6.92 Å². The molecule has 1 aromatic rings. The van der Waals surface area contributed by atoms with E-state index >= 15 is 0 Å². The van der Waals surface area contributed by atoms with Crippen molar-refractivity contribution in [1.82, 2.24) is 10.3 Å². The number of ether oxygens (including phenoxy) is 1. The van der Waals surface area contributed by atoms with Crippen LogP contribution in [0.3, 0.4) is 0 Å². The van der Waals surface area contributed by atoms with E-state index in [4.69, 9.17) is 4.74 Å². The Labute approximate surface area is 102 Å². The van der Waals surface area contributed by atoms with Crippen molar-refractivity contribution >= 4 is 6.09 Å². The molecule has 0 radical (unpaired) electrons. The summed E-state index contributed by atoms with van der Waals surface area (Å²) in [6, 6.07) is 3.97. The Bertz CT molecular complexity index is 366. The third kappa shape index (κ3) is 5.90. The summed E-state index contributed by atoms with van der Waals surface area (Å²) < 4.78 is 5.12. The first-order valence-corrected chi connectivity index (χ1v) is 5.75. The maximum absolute atomic E-state index is 11.3. The van der Waals surface area contributed by atoms with E-state index in [2.05, 4.69) is 10.3 Å². The lowest BCUT2D eigenvalue weighted by molar-refractivity contribution is 0.0528. The first-order valence-electron chi connectivity index (χ1n) is 5.75. The van der Waals surface area contributed by atoms with Gasteiger partial charge in [0, 0.05) is 24.9 Å². The summed E-state index contributed by atoms with van der Waals surface area (Å²) in [5.41, 5.74) is 1.65. The molecule has 0 saturated carbocycles. The molecule has 17 heavy (non-hydrogen) atoms. The summed E-state index contributed by atoms with van der Waals surface area (Å²) >= 11 is 0. The molecular formula is C13H20N2O2. The minimum absolute atomic E-state index is 0.385. The number of pyridine rings is 1. The van der Waals surface area contributed by atoms with E-state index < -0.39 is 5.60 Å². The molecule has 0 aliphatic heterocycles. The van der Waals surface area contributed by atoms with Crippen LogP contribution < -0.4 is 5.32 Å². The summed E-state index contributed by atoms with van der Waals surface area (Å²) in [7, 11) is 0. The number of amides is 1. The lowest BCUT2D eigenvalue weighted by Crippen LogP contribution is -2.33. The number of hydrogen-bond acceptors (Lipinski definition) is 3. The number of nitrogens with zero attached hydrogens (tertiary/aromatic N) is 1. The molecule has 0 aliphatic rings. The third-order valence-corrected chi connectivity index (χ3v) is 2.02. The van der Waals surface area contributed by atoms with Gasteiger partial charge in [0.05, 0.1) is 0 Å². The number of carbonyl (C=O) groups excluding carboxylic acids is 1. The van der Waals surface area contributed by atoms with E-state index in [0.29, 0.717) is 13.0 Å². The Morgan fingerprint density at radius 1 is 1.41 bits per heavy atom. The molecule has 0 spiro atoms. The van der Waals surface area contributed by atoms with Crippen molar-refractivity contribution in [2.75, 3.05) is 6.54 Å². The normalized spacial score (nSPS) is 11.1. The molecular weight excluding hydrogens is 216 g/mol. The molecule has 94 valence electrons. The quantitative estimate of drug-likeness (QED) is 0.877. The number of nitrogens with one attached hydrogen (secondary N) is 1. The Hall–Kier alpha value is -1.58. The molecule has 0 bridgehead atoms. The zero-order valence-electron chi connectivity index (χ0n) is 10.9. The number of aromatic nitrogens is 1. The molecule has 1 rings (SSSR count). The minimum Gasteiger partial charge on any atom is -0.444 e. The monoisotopic (exact) mass is 236 g/mol. The third-order valence-electron chi connectivity index (χ3n) is 2.02. The topological polar surface area (TPSA) is 51.2 Å². The van der Waals surface area contributed by atoms with Crippen LogP contribution in [-0.2, 0) is 11.2 Å². The molecule has 0 aliphatic carbocycles. The number of aryl methyl sites for hydroxylation is 1. The summed E-state index contributed by atoms with van der Waals surface area (Å²) in [6.45, 7) is 8.05. The Balaban J connectivity index is 2.28. The average Bonchev–Trinajstić information content (AvgIpc) is 2.18. The summed E-state index contributed by atoms with van der Waals surface area (Å²) in [4.78, 5) is 15.6. The average molecular weight is 236 g/mol. The fourth-order valence-corrected chi connectivity index (χ4v) is 1.25. The van der Waals surface area contributed by atoms with Gasteiger partial charge in [0.15, 0.2) is 0 Å². The minimum atomic E-state index is -0.452. The van der Waals surface area contributed by atoms with Crippen molar-refractivity contribution in [3.05, 3.63) is 29.6 Å². The van der Waals surface area contributed by atoms with Crippen LogP contribution in [0.15, 0.2) is 18.3 Å². The summed E-state index contributed by atoms with van der Waals surface area (Å²) in [5.74, 6) is 0. The Morgan fingerprint density at radius 2 is 2.12 bits per heavy atom. The Morgan fingerprint density at radius 3 is 2.65 bits per heavy atom. The van der Waals surface area contributed by atoms with Crippen LogP contribution in [0.25, 0.3) is 0 Å². The van der Waals surface area contributed by atoms with Gasteiger partial charge >= 0.3 is 6.09 Å². The SMILES string of the molecule is Cc1ccc(CCNC(=O)OC(C)(C)C)nc1. The van der Waals surface area contributed by atoms with Crippen LogP contribution in [0.4, 0.5) is 4.79 Å². The molecule has 0 fully saturated rings. The van der Waals surface area contributed by atoms with Gasteiger partial charge in [0.2, 0.25) is 0 Å². The molecule has 1 amide bonds. The highest BCUT2D eigenvalue weighted by Crippen LogP contribution is 2.06. The van der Waals surface area contributed by atoms with Crippen molar-refractivity contribution in [1.29, 1.82) is 0 Å². The van der Waals surface area contributed by atoms with Crippen LogP contribution >= 0.6 is 0 Å². The van der Waals surface area contributed by atoms with Gasteiger partial charge in [0.1, 0.15) is 5.60 Å². The van der Waals surface area contributed by atoms with E-state index in [1.807, 2.05) is 46.0 Å². The van der Waals surface area contributed by atoms with Crippen molar-refractivity contribution in [3.8, 4) is 0 Å². The standard InChI is InChI=1S/C13H20N2O2/c1-10-5-6-11(15-9-10)7-8-14-12(16)17-13(2,3)4/h5-6,9H,7-8H2,1-4H3,(H,14,16). The van der Waals surface area contributed by atoms with Crippen LogP contribution in [-0.4, -0.2) is 23.2 Å². The van der Waals surface area contributed by atoms with E-state index in [0.717, 1.165) is 11.3 Å². The highest BCUT2D eigenvalue weighted by atomic mass is 16.6. The van der Waals surface area contributed by atoms with Crippen LogP contribution in [0.2, 0.25) is 0 Å². The van der Waals surface area contributed by atoms with E-state index in [1.165, 1.54) is 0 Å². The lowest BCUT2D eigenvalue weighted by Gasteiger charge is -2.19. The molecule has 0 saturated heterocycles. The maximum Gasteiger partial charge on any atom is 0.407 e. The molecule has 0 unspecified atom stereocenters. The number of carbonyl (C=O) groups is 1. The van der Waals surface area contributed by atoms with E-state index in [-0.39, 0.29) is 6.09 Å². The van der Waals surface area contributed by atoms with Crippen molar-refractivity contribution in [2.45, 2.75) is 39.7 Å². The van der Waals surface area contributed by atoms with Crippen LogP contribution in [0.1, 0.15) is 32.0 Å². The number of hydrogen-bond donors (Lipinski definition) is 1. The number of alkyl carbamates (subject to hydrolysis) is 1. The van der Waals surface area contributed by atoms with Crippen molar-refractivity contribution < 1.29 is 9.53 Å². The van der Waals surface area contributed by atoms with Crippen molar-refractivity contribution in [3.63, 3.8) is 0 Å². The first-order chi connectivity index (χ1) is 7.87. The fraction of sp³-hybridized carbons (Fsp3) is 0.538. The second kappa shape index (κ2) is 5.66. The van der Waals surface area contributed by atoms with E-state index in [1.54, 1.807) is 0 Å². The molecule has 0 atom stereocenters. The molecule has 0 aromatic carbocycles. The molecule has 4 heteroatoms. The van der Waals surface area contributed by atoms with Gasteiger partial charge < -0.3 is 10.1 Å².